The molecule has 0 bridgehead atoms. The zero-order chi connectivity index (χ0) is 10.3. The Balaban J connectivity index is 4.16. The molecule has 5 heteroatoms. The molecule has 2 atom stereocenters. The first-order valence-electron chi connectivity index (χ1n) is 4.49. The summed E-state index contributed by atoms with van der Waals surface area (Å²) in [5, 5.41) is 9.85. The van der Waals surface area contributed by atoms with Crippen LogP contribution in [-0.4, -0.2) is 16.6 Å². The minimum Gasteiger partial charge on any atom is -0.380 e. The van der Waals surface area contributed by atoms with E-state index in [4.69, 9.17) is 0 Å². The van der Waals surface area contributed by atoms with E-state index in [1.165, 1.54) is 0 Å². The molecule has 0 heterocycles. The highest BCUT2D eigenvalue weighted by atomic mass is 31.0. The van der Waals surface area contributed by atoms with Gasteiger partial charge in [0.15, 0.2) is 0 Å². The lowest BCUT2D eigenvalue weighted by Gasteiger charge is -2.24. The van der Waals surface area contributed by atoms with Gasteiger partial charge in [0.2, 0.25) is 0 Å². The Morgan fingerprint density at radius 3 is 2.62 bits per heavy atom. The fourth-order valence-electron chi connectivity index (χ4n) is 1.07. The summed E-state index contributed by atoms with van der Waals surface area (Å²) >= 11 is 0. The van der Waals surface area contributed by atoms with Crippen LogP contribution >= 0.6 is 9.47 Å². The molecule has 0 aromatic heterocycles. The molecule has 78 valence electrons. The van der Waals surface area contributed by atoms with Gasteiger partial charge in [0.05, 0.1) is 0 Å². The Hall–Kier alpha value is -0.180. The van der Waals surface area contributed by atoms with Gasteiger partial charge in [-0.3, -0.25) is 9.42 Å². The average molecular weight is 207 g/mol. The number of amides is 1. The molecule has 0 fully saturated rings. The molecule has 0 radical (unpaired) electrons. The number of unbranched alkanes of at least 4 members (excludes halogenated alkanes) is 1. The summed E-state index contributed by atoms with van der Waals surface area (Å²) in [6, 6.07) is 0. The van der Waals surface area contributed by atoms with Crippen LogP contribution in [0.15, 0.2) is 0 Å². The molecular weight excluding hydrogens is 189 g/mol. The number of nitrogens with one attached hydrogen (secondary N) is 1. The van der Waals surface area contributed by atoms with E-state index in [0.29, 0.717) is 12.8 Å². The fraction of sp³-hybridized carbons (Fsp3) is 0.875. The largest absolute Gasteiger partial charge is 0.380 e. The number of carbonyl (C=O) groups is 1. The van der Waals surface area contributed by atoms with Crippen molar-refractivity contribution < 1.29 is 14.5 Å². The quantitative estimate of drug-likeness (QED) is 0.507. The normalized spacial score (nSPS) is 15.1. The lowest BCUT2D eigenvalue weighted by molar-refractivity contribution is -0.147. The van der Waals surface area contributed by atoms with E-state index in [1.807, 2.05) is 16.4 Å². The van der Waals surface area contributed by atoms with Gasteiger partial charge in [0.1, 0.15) is 5.60 Å². The summed E-state index contributed by atoms with van der Waals surface area (Å²) in [5.41, 5.74) is 0.835. The number of hydrogen-bond donors (Lipinski definition) is 2. The van der Waals surface area contributed by atoms with E-state index in [2.05, 4.69) is 10.1 Å². The maximum atomic E-state index is 11.3. The Labute approximate surface area is 81.3 Å². The molecule has 2 N–H and O–H groups in total. The predicted molar refractivity (Wildman–Crippen MR) is 53.7 cm³/mol. The first-order chi connectivity index (χ1) is 6.10. The summed E-state index contributed by atoms with van der Waals surface area (Å²) in [6.07, 6.45) is 2.65. The summed E-state index contributed by atoms with van der Waals surface area (Å²) in [5.74, 6) is -0.474. The van der Waals surface area contributed by atoms with E-state index in [-0.39, 0.29) is 0 Å². The van der Waals surface area contributed by atoms with Crippen molar-refractivity contribution >= 4 is 15.4 Å². The van der Waals surface area contributed by atoms with Crippen LogP contribution in [0.1, 0.15) is 39.5 Å². The molecule has 4 nitrogen and oxygen atoms in total. The Kier molecular flexibility index (Phi) is 6.21. The third-order valence-corrected chi connectivity index (χ3v) is 2.22. The molecule has 0 rings (SSSR count). The first kappa shape index (κ1) is 12.8. The number of rotatable bonds is 6. The van der Waals surface area contributed by atoms with Gasteiger partial charge in [-0.15, -0.1) is 0 Å². The van der Waals surface area contributed by atoms with Gasteiger partial charge >= 0.3 is 0 Å². The SMILES string of the molecule is CCCCC(O)(CC)C(=O)NOP. The van der Waals surface area contributed by atoms with Gasteiger partial charge in [0.25, 0.3) is 5.91 Å². The molecule has 0 spiro atoms. The van der Waals surface area contributed by atoms with Gasteiger partial charge < -0.3 is 5.11 Å². The minimum absolute atomic E-state index is 0.396. The molecule has 0 saturated heterocycles. The molecular formula is C8H18NO3P. The van der Waals surface area contributed by atoms with Crippen LogP contribution in [0.4, 0.5) is 0 Å². The second-order valence-electron chi connectivity index (χ2n) is 3.04. The van der Waals surface area contributed by atoms with Gasteiger partial charge in [-0.25, -0.2) is 5.48 Å². The smallest absolute Gasteiger partial charge is 0.275 e. The van der Waals surface area contributed by atoms with Crippen molar-refractivity contribution in [1.82, 2.24) is 5.48 Å². The Morgan fingerprint density at radius 1 is 1.62 bits per heavy atom. The highest BCUT2D eigenvalue weighted by Gasteiger charge is 2.33. The second kappa shape index (κ2) is 6.30. The summed E-state index contributed by atoms with van der Waals surface area (Å²) < 4.78 is 4.39. The van der Waals surface area contributed by atoms with Crippen molar-refractivity contribution in [3.8, 4) is 0 Å². The van der Waals surface area contributed by atoms with Gasteiger partial charge in [-0.1, -0.05) is 26.7 Å². The van der Waals surface area contributed by atoms with Gasteiger partial charge in [-0.2, -0.15) is 0 Å². The number of carbonyl (C=O) groups excluding carboxylic acids is 1. The van der Waals surface area contributed by atoms with Crippen LogP contribution in [0.2, 0.25) is 0 Å². The molecule has 0 aromatic carbocycles. The zero-order valence-corrected chi connectivity index (χ0v) is 9.32. The average Bonchev–Trinajstić information content (AvgIpc) is 2.14. The van der Waals surface area contributed by atoms with E-state index < -0.39 is 11.5 Å². The minimum atomic E-state index is -1.29. The van der Waals surface area contributed by atoms with Crippen LogP contribution in [0, 0.1) is 0 Å². The highest BCUT2D eigenvalue weighted by Crippen LogP contribution is 2.18. The maximum absolute atomic E-state index is 11.3. The van der Waals surface area contributed by atoms with Crippen LogP contribution in [0.25, 0.3) is 0 Å². The monoisotopic (exact) mass is 207 g/mol. The second-order valence-corrected chi connectivity index (χ2v) is 3.27. The van der Waals surface area contributed by atoms with Crippen molar-refractivity contribution in [3.63, 3.8) is 0 Å². The van der Waals surface area contributed by atoms with Crippen molar-refractivity contribution in [2.24, 2.45) is 0 Å². The van der Waals surface area contributed by atoms with E-state index in [1.54, 1.807) is 6.92 Å². The topological polar surface area (TPSA) is 58.6 Å². The molecule has 0 aliphatic heterocycles. The number of aliphatic hydroxyl groups is 1. The molecule has 13 heavy (non-hydrogen) atoms. The third kappa shape index (κ3) is 4.03. The lowest BCUT2D eigenvalue weighted by atomic mass is 9.93. The maximum Gasteiger partial charge on any atom is 0.275 e. The summed E-state index contributed by atoms with van der Waals surface area (Å²) in [4.78, 5) is 11.3. The number of hydrogen-bond acceptors (Lipinski definition) is 3. The standard InChI is InChI=1S/C8H18NO3P/c1-3-5-6-8(11,4-2)7(10)9-12-13/h11H,3-6,13H2,1-2H3,(H,9,10). The fourth-order valence-corrected chi connectivity index (χ4v) is 1.18. The summed E-state index contributed by atoms with van der Waals surface area (Å²) in [7, 11) is 1.91. The van der Waals surface area contributed by atoms with Crippen molar-refractivity contribution in [1.29, 1.82) is 0 Å². The Bertz CT molecular complexity index is 165. The molecule has 0 aliphatic rings. The van der Waals surface area contributed by atoms with E-state index in [0.717, 1.165) is 12.8 Å². The van der Waals surface area contributed by atoms with E-state index in [9.17, 15) is 9.90 Å². The van der Waals surface area contributed by atoms with Gasteiger partial charge in [-0.05, 0) is 12.8 Å². The zero-order valence-electron chi connectivity index (χ0n) is 8.17. The van der Waals surface area contributed by atoms with Crippen LogP contribution < -0.4 is 5.48 Å². The first-order valence-corrected chi connectivity index (χ1v) is 4.96. The highest BCUT2D eigenvalue weighted by molar-refractivity contribution is 7.09. The Morgan fingerprint density at radius 2 is 2.23 bits per heavy atom. The van der Waals surface area contributed by atoms with Crippen molar-refractivity contribution in [2.45, 2.75) is 45.1 Å². The molecule has 0 saturated carbocycles. The third-order valence-electron chi connectivity index (χ3n) is 2.10. The van der Waals surface area contributed by atoms with Crippen LogP contribution in [0.5, 0.6) is 0 Å². The van der Waals surface area contributed by atoms with Crippen LogP contribution in [0.3, 0.4) is 0 Å². The lowest BCUT2D eigenvalue weighted by Crippen LogP contribution is -2.45. The van der Waals surface area contributed by atoms with Gasteiger partial charge in [0, 0.05) is 9.47 Å². The molecule has 0 aliphatic carbocycles. The van der Waals surface area contributed by atoms with Crippen molar-refractivity contribution in [2.75, 3.05) is 0 Å². The van der Waals surface area contributed by atoms with Crippen LogP contribution in [-0.2, 0) is 9.42 Å². The van der Waals surface area contributed by atoms with Crippen molar-refractivity contribution in [3.05, 3.63) is 0 Å². The van der Waals surface area contributed by atoms with E-state index >= 15 is 0 Å². The summed E-state index contributed by atoms with van der Waals surface area (Å²) in [6.45, 7) is 3.79. The predicted octanol–water partition coefficient (Wildman–Crippen LogP) is 1.16. The molecule has 2 unspecified atom stereocenters. The molecule has 1 amide bonds. The molecule has 0 aromatic rings. The number of hydroxylamine groups is 1.